The van der Waals surface area contributed by atoms with Crippen molar-refractivity contribution in [1.82, 2.24) is 5.32 Å². The molecule has 1 N–H and O–H groups in total. The van der Waals surface area contributed by atoms with Crippen molar-refractivity contribution >= 4 is 27.3 Å². The molecule has 1 saturated carbocycles. The van der Waals surface area contributed by atoms with Crippen molar-refractivity contribution in [3.63, 3.8) is 0 Å². The van der Waals surface area contributed by atoms with Crippen LogP contribution in [0.1, 0.15) is 23.2 Å². The van der Waals surface area contributed by atoms with Crippen LogP contribution in [0.4, 0.5) is 0 Å². The normalized spacial score (nSPS) is 15.5. The Kier molecular flexibility index (Phi) is 1.99. The number of hydrogen-bond acceptors (Lipinski definition) is 2. The molecule has 2 aromatic rings. The quantitative estimate of drug-likeness (QED) is 0.823. The second-order valence-corrected chi connectivity index (χ2v) is 4.83. The molecule has 1 aliphatic rings. The number of amides is 1. The van der Waals surface area contributed by atoms with Crippen molar-refractivity contribution in [2.75, 3.05) is 0 Å². The van der Waals surface area contributed by atoms with Crippen molar-refractivity contribution in [3.05, 3.63) is 35.2 Å². The van der Waals surface area contributed by atoms with Gasteiger partial charge in [0.15, 0.2) is 0 Å². The van der Waals surface area contributed by atoms with Crippen molar-refractivity contribution in [3.8, 4) is 0 Å². The number of carbonyl (C=O) groups is 1. The third-order valence-corrected chi connectivity index (χ3v) is 3.54. The van der Waals surface area contributed by atoms with Crippen LogP contribution >= 0.6 is 11.3 Å². The van der Waals surface area contributed by atoms with Gasteiger partial charge in [-0.1, -0.05) is 6.07 Å². The Labute approximate surface area is 91.9 Å². The van der Waals surface area contributed by atoms with E-state index in [1.54, 1.807) is 11.3 Å². The van der Waals surface area contributed by atoms with Crippen LogP contribution in [-0.2, 0) is 0 Å². The fourth-order valence-corrected chi connectivity index (χ4v) is 2.50. The zero-order valence-electron chi connectivity index (χ0n) is 8.19. The van der Waals surface area contributed by atoms with Crippen LogP contribution in [0.5, 0.6) is 0 Å². The maximum atomic E-state index is 11.9. The van der Waals surface area contributed by atoms with E-state index >= 15 is 0 Å². The topological polar surface area (TPSA) is 29.1 Å². The minimum atomic E-state index is 0.0708. The van der Waals surface area contributed by atoms with E-state index in [4.69, 9.17) is 0 Å². The van der Waals surface area contributed by atoms with E-state index in [0.717, 1.165) is 23.8 Å². The molecule has 1 aliphatic carbocycles. The predicted octanol–water partition coefficient (Wildman–Crippen LogP) is 2.79. The van der Waals surface area contributed by atoms with Crippen LogP contribution in [0, 0.1) is 0 Å². The summed E-state index contributed by atoms with van der Waals surface area (Å²) in [5, 5.41) is 6.11. The van der Waals surface area contributed by atoms with Crippen molar-refractivity contribution in [2.24, 2.45) is 0 Å². The number of thiophene rings is 1. The van der Waals surface area contributed by atoms with E-state index < -0.39 is 0 Å². The lowest BCUT2D eigenvalue weighted by molar-refractivity contribution is 0.0953. The fourth-order valence-electron chi connectivity index (χ4n) is 1.68. The van der Waals surface area contributed by atoms with E-state index in [9.17, 15) is 4.79 Å². The highest BCUT2D eigenvalue weighted by Gasteiger charge is 2.24. The highest BCUT2D eigenvalue weighted by Crippen LogP contribution is 2.25. The van der Waals surface area contributed by atoms with Gasteiger partial charge in [-0.2, -0.15) is 0 Å². The first-order valence-electron chi connectivity index (χ1n) is 5.12. The lowest BCUT2D eigenvalue weighted by Gasteiger charge is -2.04. The molecule has 15 heavy (non-hydrogen) atoms. The molecule has 0 radical (unpaired) electrons. The van der Waals surface area contributed by atoms with E-state index in [-0.39, 0.29) is 5.91 Å². The molecule has 2 nitrogen and oxygen atoms in total. The Bertz CT molecular complexity index is 513. The molecular weight excluding hydrogens is 206 g/mol. The zero-order chi connectivity index (χ0) is 10.3. The van der Waals surface area contributed by atoms with Crippen LogP contribution in [0.15, 0.2) is 29.6 Å². The average molecular weight is 217 g/mol. The summed E-state index contributed by atoms with van der Waals surface area (Å²) in [6.07, 6.45) is 2.26. The molecular formula is C12H11NOS. The van der Waals surface area contributed by atoms with Crippen molar-refractivity contribution < 1.29 is 4.79 Å². The predicted molar refractivity (Wildman–Crippen MR) is 62.3 cm³/mol. The first kappa shape index (κ1) is 8.92. The largest absolute Gasteiger partial charge is 0.349 e. The van der Waals surface area contributed by atoms with Crippen molar-refractivity contribution in [1.29, 1.82) is 0 Å². The van der Waals surface area contributed by atoms with Crippen LogP contribution in [0.2, 0.25) is 0 Å². The summed E-state index contributed by atoms with van der Waals surface area (Å²) in [6, 6.07) is 8.33. The number of carbonyl (C=O) groups excluding carboxylic acids is 1. The molecule has 3 rings (SSSR count). The van der Waals surface area contributed by atoms with Gasteiger partial charge in [0.2, 0.25) is 0 Å². The highest BCUT2D eigenvalue weighted by molar-refractivity contribution is 7.17. The van der Waals surface area contributed by atoms with Crippen LogP contribution < -0.4 is 5.32 Å². The van der Waals surface area contributed by atoms with Crippen LogP contribution in [0.25, 0.3) is 10.1 Å². The summed E-state index contributed by atoms with van der Waals surface area (Å²) in [7, 11) is 0. The molecule has 1 amide bonds. The summed E-state index contributed by atoms with van der Waals surface area (Å²) < 4.78 is 1.18. The van der Waals surface area contributed by atoms with E-state index in [2.05, 4.69) is 5.32 Å². The van der Waals surface area contributed by atoms with Crippen LogP contribution in [0.3, 0.4) is 0 Å². The maximum Gasteiger partial charge on any atom is 0.252 e. The number of rotatable bonds is 2. The minimum Gasteiger partial charge on any atom is -0.349 e. The second kappa shape index (κ2) is 3.35. The van der Waals surface area contributed by atoms with Gasteiger partial charge in [0, 0.05) is 21.7 Å². The Hall–Kier alpha value is -1.35. The Morgan fingerprint density at radius 2 is 2.20 bits per heavy atom. The first-order chi connectivity index (χ1) is 7.34. The number of benzene rings is 1. The summed E-state index contributed by atoms with van der Waals surface area (Å²) in [5.74, 6) is 0.0708. The molecule has 0 aliphatic heterocycles. The van der Waals surface area contributed by atoms with E-state index in [0.29, 0.717) is 6.04 Å². The summed E-state index contributed by atoms with van der Waals surface area (Å²) >= 11 is 1.67. The monoisotopic (exact) mass is 217 g/mol. The standard InChI is InChI=1S/C12H11NOS/c14-12(13-8-4-5-8)10-2-1-3-11-9(10)6-7-15-11/h1-3,6-8H,4-5H2,(H,13,14). The van der Waals surface area contributed by atoms with E-state index in [1.807, 2.05) is 29.6 Å². The molecule has 1 aromatic heterocycles. The van der Waals surface area contributed by atoms with Gasteiger partial charge in [-0.3, -0.25) is 4.79 Å². The fraction of sp³-hybridized carbons (Fsp3) is 0.250. The molecule has 0 bridgehead atoms. The second-order valence-electron chi connectivity index (χ2n) is 3.89. The Morgan fingerprint density at radius 3 is 3.00 bits per heavy atom. The molecule has 1 heterocycles. The third-order valence-electron chi connectivity index (χ3n) is 2.65. The number of fused-ring (bicyclic) bond motifs is 1. The summed E-state index contributed by atoms with van der Waals surface area (Å²) in [4.78, 5) is 11.9. The Balaban J connectivity index is 2.01. The van der Waals surface area contributed by atoms with Crippen LogP contribution in [-0.4, -0.2) is 11.9 Å². The van der Waals surface area contributed by atoms with Gasteiger partial charge in [-0.15, -0.1) is 11.3 Å². The molecule has 0 spiro atoms. The Morgan fingerprint density at radius 1 is 1.33 bits per heavy atom. The summed E-state index contributed by atoms with van der Waals surface area (Å²) in [6.45, 7) is 0. The molecule has 0 atom stereocenters. The molecule has 0 saturated heterocycles. The van der Waals surface area contributed by atoms with Gasteiger partial charge in [-0.05, 0) is 36.4 Å². The molecule has 1 aromatic carbocycles. The van der Waals surface area contributed by atoms with Gasteiger partial charge in [-0.25, -0.2) is 0 Å². The molecule has 1 fully saturated rings. The van der Waals surface area contributed by atoms with Gasteiger partial charge < -0.3 is 5.32 Å². The smallest absolute Gasteiger partial charge is 0.252 e. The van der Waals surface area contributed by atoms with Gasteiger partial charge in [0.25, 0.3) is 5.91 Å². The highest BCUT2D eigenvalue weighted by atomic mass is 32.1. The maximum absolute atomic E-state index is 11.9. The van der Waals surface area contributed by atoms with E-state index in [1.165, 1.54) is 4.70 Å². The average Bonchev–Trinajstić information content (AvgIpc) is 2.93. The minimum absolute atomic E-state index is 0.0708. The van der Waals surface area contributed by atoms with Gasteiger partial charge >= 0.3 is 0 Å². The third kappa shape index (κ3) is 1.63. The van der Waals surface area contributed by atoms with Crippen molar-refractivity contribution in [2.45, 2.75) is 18.9 Å². The van der Waals surface area contributed by atoms with Gasteiger partial charge in [0.1, 0.15) is 0 Å². The zero-order valence-corrected chi connectivity index (χ0v) is 9.01. The molecule has 76 valence electrons. The number of hydrogen-bond donors (Lipinski definition) is 1. The number of nitrogens with one attached hydrogen (secondary N) is 1. The lowest BCUT2D eigenvalue weighted by Crippen LogP contribution is -2.25. The summed E-state index contributed by atoms with van der Waals surface area (Å²) in [5.41, 5.74) is 0.806. The van der Waals surface area contributed by atoms with Gasteiger partial charge in [0.05, 0.1) is 0 Å². The molecule has 0 unspecified atom stereocenters. The SMILES string of the molecule is O=C(NC1CC1)c1cccc2sccc12. The lowest BCUT2D eigenvalue weighted by atomic mass is 10.1. The first-order valence-corrected chi connectivity index (χ1v) is 5.99. The molecule has 3 heteroatoms.